The summed E-state index contributed by atoms with van der Waals surface area (Å²) in [5.41, 5.74) is 0.606. The lowest BCUT2D eigenvalue weighted by molar-refractivity contribution is -0.143. The molecular formula is C15H18BrF4N3O. The number of hydrogen-bond acceptors (Lipinski definition) is 2. The van der Waals surface area contributed by atoms with Gasteiger partial charge in [0, 0.05) is 24.1 Å². The molecule has 1 heterocycles. The van der Waals surface area contributed by atoms with Gasteiger partial charge in [0.2, 0.25) is 0 Å². The fourth-order valence-corrected chi connectivity index (χ4v) is 3.18. The molecule has 2 rings (SSSR count). The van der Waals surface area contributed by atoms with E-state index in [1.807, 2.05) is 0 Å². The van der Waals surface area contributed by atoms with Gasteiger partial charge in [-0.05, 0) is 42.6 Å². The highest BCUT2D eigenvalue weighted by molar-refractivity contribution is 9.10. The van der Waals surface area contributed by atoms with E-state index in [0.29, 0.717) is 36.1 Å². The number of nitrogens with one attached hydrogen (secondary N) is 2. The molecule has 1 aromatic carbocycles. The van der Waals surface area contributed by atoms with Crippen LogP contribution in [0.15, 0.2) is 22.7 Å². The molecule has 0 aliphatic carbocycles. The van der Waals surface area contributed by atoms with Crippen molar-refractivity contribution in [2.45, 2.75) is 19.1 Å². The molecule has 4 nitrogen and oxygen atoms in total. The Morgan fingerprint density at radius 2 is 2.04 bits per heavy atom. The Balaban J connectivity index is 1.68. The van der Waals surface area contributed by atoms with Gasteiger partial charge in [0.15, 0.2) is 0 Å². The molecule has 0 spiro atoms. The normalized spacial score (nSPS) is 18.6. The fraction of sp³-hybridized carbons (Fsp3) is 0.533. The van der Waals surface area contributed by atoms with Crippen molar-refractivity contribution in [2.24, 2.45) is 5.92 Å². The monoisotopic (exact) mass is 411 g/mol. The first-order valence-corrected chi connectivity index (χ1v) is 8.26. The number of hydrogen-bond donors (Lipinski definition) is 2. The highest BCUT2D eigenvalue weighted by atomic mass is 79.9. The topological polar surface area (TPSA) is 44.4 Å². The second kappa shape index (κ2) is 8.15. The number of rotatable bonds is 5. The molecule has 1 saturated heterocycles. The Kier molecular flexibility index (Phi) is 6.45. The lowest BCUT2D eigenvalue weighted by Crippen LogP contribution is -2.39. The molecule has 1 atom stereocenters. The molecular weight excluding hydrogens is 394 g/mol. The van der Waals surface area contributed by atoms with Gasteiger partial charge in [-0.25, -0.2) is 9.18 Å². The van der Waals surface area contributed by atoms with Gasteiger partial charge >= 0.3 is 12.2 Å². The predicted molar refractivity (Wildman–Crippen MR) is 84.9 cm³/mol. The zero-order valence-corrected chi connectivity index (χ0v) is 14.4. The number of likely N-dealkylation sites (tertiary alicyclic amines) is 1. The minimum atomic E-state index is -4.20. The van der Waals surface area contributed by atoms with Crippen molar-refractivity contribution in [3.63, 3.8) is 0 Å². The molecule has 9 heteroatoms. The van der Waals surface area contributed by atoms with E-state index in [1.54, 1.807) is 6.07 Å². The number of carbonyl (C=O) groups excluding carboxylic acids is 1. The molecule has 1 unspecified atom stereocenters. The Labute approximate surface area is 145 Å². The van der Waals surface area contributed by atoms with E-state index in [1.165, 1.54) is 17.0 Å². The van der Waals surface area contributed by atoms with Crippen molar-refractivity contribution >= 4 is 22.0 Å². The summed E-state index contributed by atoms with van der Waals surface area (Å²) in [6.07, 6.45) is -3.58. The molecule has 2 amide bonds. The third kappa shape index (κ3) is 6.64. The van der Waals surface area contributed by atoms with Gasteiger partial charge in [-0.2, -0.15) is 13.2 Å². The summed E-state index contributed by atoms with van der Waals surface area (Å²) < 4.78 is 50.7. The summed E-state index contributed by atoms with van der Waals surface area (Å²) in [5, 5.41) is 5.24. The first kappa shape index (κ1) is 19.0. The van der Waals surface area contributed by atoms with E-state index >= 15 is 0 Å². The van der Waals surface area contributed by atoms with Gasteiger partial charge in [0.1, 0.15) is 5.82 Å². The molecule has 0 radical (unpaired) electrons. The van der Waals surface area contributed by atoms with Gasteiger partial charge in [0.25, 0.3) is 0 Å². The van der Waals surface area contributed by atoms with Crippen LogP contribution in [0.3, 0.4) is 0 Å². The summed E-state index contributed by atoms with van der Waals surface area (Å²) in [4.78, 5) is 13.1. The van der Waals surface area contributed by atoms with Crippen LogP contribution in [0.1, 0.15) is 12.0 Å². The van der Waals surface area contributed by atoms with Crippen LogP contribution in [0.5, 0.6) is 0 Å². The SMILES string of the molecule is O=C(NCc1cc(F)cc(Br)c1)NCC1CCN(CC(F)(F)F)C1. The first-order valence-electron chi connectivity index (χ1n) is 7.47. The molecule has 1 fully saturated rings. The van der Waals surface area contributed by atoms with Crippen molar-refractivity contribution < 1.29 is 22.4 Å². The quantitative estimate of drug-likeness (QED) is 0.730. The summed E-state index contributed by atoms with van der Waals surface area (Å²) >= 11 is 3.17. The smallest absolute Gasteiger partial charge is 0.338 e. The Morgan fingerprint density at radius 1 is 1.29 bits per heavy atom. The van der Waals surface area contributed by atoms with Crippen LogP contribution in [-0.4, -0.2) is 43.3 Å². The molecule has 1 aliphatic rings. The third-order valence-corrected chi connectivity index (χ3v) is 4.16. The number of benzene rings is 1. The molecule has 24 heavy (non-hydrogen) atoms. The zero-order chi connectivity index (χ0) is 17.7. The van der Waals surface area contributed by atoms with E-state index in [9.17, 15) is 22.4 Å². The van der Waals surface area contributed by atoms with Crippen LogP contribution < -0.4 is 10.6 Å². The lowest BCUT2D eigenvalue weighted by atomic mass is 10.1. The molecule has 2 N–H and O–H groups in total. The third-order valence-electron chi connectivity index (χ3n) is 3.70. The number of halogens is 5. The van der Waals surface area contributed by atoms with Crippen LogP contribution in [-0.2, 0) is 6.54 Å². The van der Waals surface area contributed by atoms with Crippen LogP contribution in [0.2, 0.25) is 0 Å². The van der Waals surface area contributed by atoms with E-state index < -0.39 is 24.6 Å². The second-order valence-corrected chi connectivity index (χ2v) is 6.76. The summed E-state index contributed by atoms with van der Waals surface area (Å²) in [6, 6.07) is 3.90. The van der Waals surface area contributed by atoms with Crippen LogP contribution in [0, 0.1) is 11.7 Å². The van der Waals surface area contributed by atoms with E-state index in [-0.39, 0.29) is 12.5 Å². The number of nitrogens with zero attached hydrogens (tertiary/aromatic N) is 1. The molecule has 1 aromatic rings. The van der Waals surface area contributed by atoms with Crippen LogP contribution in [0.4, 0.5) is 22.4 Å². The van der Waals surface area contributed by atoms with E-state index in [4.69, 9.17) is 0 Å². The van der Waals surface area contributed by atoms with Crippen molar-refractivity contribution in [1.82, 2.24) is 15.5 Å². The maximum atomic E-state index is 13.2. The van der Waals surface area contributed by atoms with Gasteiger partial charge in [0.05, 0.1) is 6.54 Å². The highest BCUT2D eigenvalue weighted by Gasteiger charge is 2.34. The van der Waals surface area contributed by atoms with Crippen molar-refractivity contribution in [3.05, 3.63) is 34.1 Å². The molecule has 134 valence electrons. The minimum absolute atomic E-state index is 0.00131. The van der Waals surface area contributed by atoms with Gasteiger partial charge in [-0.15, -0.1) is 0 Å². The largest absolute Gasteiger partial charge is 0.401 e. The molecule has 0 bridgehead atoms. The van der Waals surface area contributed by atoms with E-state index in [2.05, 4.69) is 26.6 Å². The lowest BCUT2D eigenvalue weighted by Gasteiger charge is -2.18. The van der Waals surface area contributed by atoms with Gasteiger partial charge in [-0.1, -0.05) is 15.9 Å². The molecule has 1 aliphatic heterocycles. The number of carbonyl (C=O) groups is 1. The molecule has 0 saturated carbocycles. The molecule has 0 aromatic heterocycles. The second-order valence-electron chi connectivity index (χ2n) is 5.85. The maximum absolute atomic E-state index is 13.2. The summed E-state index contributed by atoms with van der Waals surface area (Å²) in [5.74, 6) is -0.404. The van der Waals surface area contributed by atoms with Gasteiger partial charge < -0.3 is 10.6 Å². The number of amides is 2. The standard InChI is InChI=1S/C15H18BrF4N3O/c16-12-3-11(4-13(17)5-12)7-22-14(24)21-6-10-1-2-23(8-10)9-15(18,19)20/h3-5,10H,1-2,6-9H2,(H2,21,22,24). The predicted octanol–water partition coefficient (Wildman–Crippen LogP) is 3.27. The van der Waals surface area contributed by atoms with Crippen LogP contribution >= 0.6 is 15.9 Å². The average molecular weight is 412 g/mol. The van der Waals surface area contributed by atoms with E-state index in [0.717, 1.165) is 0 Å². The first-order chi connectivity index (χ1) is 11.2. The highest BCUT2D eigenvalue weighted by Crippen LogP contribution is 2.22. The number of urea groups is 1. The van der Waals surface area contributed by atoms with Gasteiger partial charge in [-0.3, -0.25) is 4.90 Å². The van der Waals surface area contributed by atoms with Crippen molar-refractivity contribution in [3.8, 4) is 0 Å². The maximum Gasteiger partial charge on any atom is 0.401 e. The van der Waals surface area contributed by atoms with Crippen LogP contribution in [0.25, 0.3) is 0 Å². The minimum Gasteiger partial charge on any atom is -0.338 e. The van der Waals surface area contributed by atoms with Crippen molar-refractivity contribution in [1.29, 1.82) is 0 Å². The Bertz CT molecular complexity index is 562. The summed E-state index contributed by atoms with van der Waals surface area (Å²) in [6.45, 7) is 0.256. The van der Waals surface area contributed by atoms with Crippen molar-refractivity contribution in [2.75, 3.05) is 26.2 Å². The fourth-order valence-electron chi connectivity index (χ4n) is 2.67. The summed E-state index contributed by atoms with van der Waals surface area (Å²) in [7, 11) is 0. The zero-order valence-electron chi connectivity index (χ0n) is 12.8. The average Bonchev–Trinajstić information content (AvgIpc) is 2.87. The Hall–Kier alpha value is -1.35. The Morgan fingerprint density at radius 3 is 2.71 bits per heavy atom. The number of alkyl halides is 3.